The zero-order valence-corrected chi connectivity index (χ0v) is 9.79. The highest BCUT2D eigenvalue weighted by Gasteiger charge is 2.09. The average Bonchev–Trinajstić information content (AvgIpc) is 2.77. The van der Waals surface area contributed by atoms with Crippen LogP contribution in [0.25, 0.3) is 11.1 Å². The summed E-state index contributed by atoms with van der Waals surface area (Å²) >= 11 is 0. The van der Waals surface area contributed by atoms with E-state index in [1.807, 2.05) is 0 Å². The molecule has 0 spiro atoms. The molecule has 0 aliphatic carbocycles. The van der Waals surface area contributed by atoms with Crippen LogP contribution in [0.15, 0.2) is 44.5 Å². The first-order valence-electron chi connectivity index (χ1n) is 5.57. The van der Waals surface area contributed by atoms with E-state index in [2.05, 4.69) is 9.97 Å². The largest absolute Gasteiger partial charge is 0.439 e. The summed E-state index contributed by atoms with van der Waals surface area (Å²) in [5.41, 5.74) is 6.46. The normalized spacial score (nSPS) is 10.9. The number of benzene rings is 1. The van der Waals surface area contributed by atoms with Gasteiger partial charge in [-0.1, -0.05) is 6.07 Å². The fourth-order valence-electron chi connectivity index (χ4n) is 1.80. The highest BCUT2D eigenvalue weighted by atomic mass is 16.3. The zero-order chi connectivity index (χ0) is 13.4. The molecule has 19 heavy (non-hydrogen) atoms. The molecule has 7 nitrogen and oxygen atoms in total. The summed E-state index contributed by atoms with van der Waals surface area (Å²) in [5, 5.41) is 0. The molecule has 0 aliphatic heterocycles. The van der Waals surface area contributed by atoms with Crippen LogP contribution in [0.1, 0.15) is 5.89 Å². The summed E-state index contributed by atoms with van der Waals surface area (Å²) < 4.78 is 6.79. The topological polar surface area (TPSA) is 107 Å². The Morgan fingerprint density at radius 2 is 2.16 bits per heavy atom. The van der Waals surface area contributed by atoms with E-state index < -0.39 is 11.2 Å². The molecular formula is C12H10N4O3. The number of H-pyrrole nitrogens is 1. The van der Waals surface area contributed by atoms with Gasteiger partial charge in [0.2, 0.25) is 5.89 Å². The molecule has 0 radical (unpaired) electrons. The molecule has 0 saturated carbocycles. The number of aromatic amines is 1. The number of aromatic nitrogens is 3. The number of rotatable bonds is 2. The first-order valence-corrected chi connectivity index (χ1v) is 5.57. The van der Waals surface area contributed by atoms with Crippen LogP contribution in [0.4, 0.5) is 5.69 Å². The predicted octanol–water partition coefficient (Wildman–Crippen LogP) is 0.308. The number of nitrogens with two attached hydrogens (primary N) is 1. The summed E-state index contributed by atoms with van der Waals surface area (Å²) in [6.45, 7) is 0.129. The van der Waals surface area contributed by atoms with Gasteiger partial charge in [-0.15, -0.1) is 0 Å². The first-order chi connectivity index (χ1) is 9.13. The van der Waals surface area contributed by atoms with Crippen molar-refractivity contribution in [1.29, 1.82) is 0 Å². The van der Waals surface area contributed by atoms with E-state index in [0.29, 0.717) is 22.7 Å². The van der Waals surface area contributed by atoms with Crippen molar-refractivity contribution < 1.29 is 4.42 Å². The number of hydrogen-bond acceptors (Lipinski definition) is 5. The lowest BCUT2D eigenvalue weighted by Gasteiger charge is -1.99. The lowest BCUT2D eigenvalue weighted by atomic mass is 10.3. The van der Waals surface area contributed by atoms with Crippen molar-refractivity contribution in [3.05, 3.63) is 57.2 Å². The van der Waals surface area contributed by atoms with Crippen molar-refractivity contribution in [3.63, 3.8) is 0 Å². The van der Waals surface area contributed by atoms with Gasteiger partial charge in [0.25, 0.3) is 5.56 Å². The lowest BCUT2D eigenvalue weighted by Crippen LogP contribution is -2.28. The van der Waals surface area contributed by atoms with Crippen LogP contribution in [0.2, 0.25) is 0 Å². The van der Waals surface area contributed by atoms with Crippen LogP contribution >= 0.6 is 0 Å². The maximum atomic E-state index is 11.5. The quantitative estimate of drug-likeness (QED) is 0.643. The molecule has 0 saturated heterocycles. The fraction of sp³-hybridized carbons (Fsp3) is 0.0833. The van der Waals surface area contributed by atoms with Crippen LogP contribution in [-0.2, 0) is 6.54 Å². The van der Waals surface area contributed by atoms with Gasteiger partial charge in [-0.3, -0.25) is 14.3 Å². The molecule has 0 atom stereocenters. The maximum absolute atomic E-state index is 11.5. The third-order valence-electron chi connectivity index (χ3n) is 2.70. The smallest absolute Gasteiger partial charge is 0.328 e. The van der Waals surface area contributed by atoms with E-state index in [0.717, 1.165) is 0 Å². The Bertz CT molecular complexity index is 859. The molecule has 3 N–H and O–H groups in total. The lowest BCUT2D eigenvalue weighted by molar-refractivity contribution is 0.500. The Hall–Kier alpha value is -2.83. The van der Waals surface area contributed by atoms with E-state index in [-0.39, 0.29) is 6.54 Å². The summed E-state index contributed by atoms with van der Waals surface area (Å²) in [5.74, 6) is 0.349. The first kappa shape index (κ1) is 11.3. The molecule has 96 valence electrons. The van der Waals surface area contributed by atoms with Gasteiger partial charge in [-0.25, -0.2) is 9.78 Å². The molecule has 0 fully saturated rings. The van der Waals surface area contributed by atoms with Crippen molar-refractivity contribution >= 4 is 16.8 Å². The molecule has 0 aliphatic rings. The molecule has 1 aromatic carbocycles. The predicted molar refractivity (Wildman–Crippen MR) is 68.8 cm³/mol. The molecule has 3 aromatic rings. The Kier molecular flexibility index (Phi) is 2.45. The van der Waals surface area contributed by atoms with E-state index in [4.69, 9.17) is 10.2 Å². The summed E-state index contributed by atoms with van der Waals surface area (Å²) in [6, 6.07) is 6.50. The molecule has 0 amide bonds. The third kappa shape index (κ3) is 2.01. The van der Waals surface area contributed by atoms with Gasteiger partial charge in [-0.05, 0) is 12.1 Å². The molecule has 3 rings (SSSR count). The van der Waals surface area contributed by atoms with Crippen molar-refractivity contribution in [2.24, 2.45) is 0 Å². The number of para-hydroxylation sites is 1. The summed E-state index contributed by atoms with van der Waals surface area (Å²) in [6.07, 6.45) is 1.39. The van der Waals surface area contributed by atoms with Crippen molar-refractivity contribution in [2.45, 2.75) is 6.54 Å². The number of nitrogens with zero attached hydrogens (tertiary/aromatic N) is 2. The number of hydrogen-bond donors (Lipinski definition) is 2. The highest BCUT2D eigenvalue weighted by Crippen LogP contribution is 2.21. The van der Waals surface area contributed by atoms with E-state index >= 15 is 0 Å². The monoisotopic (exact) mass is 258 g/mol. The molecular weight excluding hydrogens is 248 g/mol. The Morgan fingerprint density at radius 1 is 1.32 bits per heavy atom. The SMILES string of the molecule is Nc1cccc2oc(Cn3ccc(=O)[nH]c3=O)nc12. The van der Waals surface area contributed by atoms with Crippen LogP contribution in [-0.4, -0.2) is 14.5 Å². The second-order valence-electron chi connectivity index (χ2n) is 4.04. The van der Waals surface area contributed by atoms with Crippen LogP contribution < -0.4 is 17.0 Å². The number of nitrogens with one attached hydrogen (secondary N) is 1. The van der Waals surface area contributed by atoms with Gasteiger partial charge in [0.1, 0.15) is 12.1 Å². The van der Waals surface area contributed by atoms with Gasteiger partial charge >= 0.3 is 5.69 Å². The van der Waals surface area contributed by atoms with Gasteiger partial charge in [0, 0.05) is 12.3 Å². The number of anilines is 1. The van der Waals surface area contributed by atoms with E-state index in [1.165, 1.54) is 16.8 Å². The standard InChI is InChI=1S/C12H10N4O3/c13-7-2-1-3-8-11(7)15-10(19-8)6-16-5-4-9(17)14-12(16)18/h1-5H,6,13H2,(H,14,17,18). The third-order valence-corrected chi connectivity index (χ3v) is 2.70. The highest BCUT2D eigenvalue weighted by molar-refractivity contribution is 5.85. The summed E-state index contributed by atoms with van der Waals surface area (Å²) in [4.78, 5) is 28.9. The van der Waals surface area contributed by atoms with Gasteiger partial charge < -0.3 is 10.2 Å². The van der Waals surface area contributed by atoms with Crippen molar-refractivity contribution in [2.75, 3.05) is 5.73 Å². The van der Waals surface area contributed by atoms with E-state index in [9.17, 15) is 9.59 Å². The van der Waals surface area contributed by atoms with Crippen LogP contribution in [0.3, 0.4) is 0 Å². The van der Waals surface area contributed by atoms with Gasteiger partial charge in [0.15, 0.2) is 5.58 Å². The Morgan fingerprint density at radius 3 is 2.89 bits per heavy atom. The minimum atomic E-state index is -0.511. The molecule has 0 unspecified atom stereocenters. The Balaban J connectivity index is 2.04. The van der Waals surface area contributed by atoms with Gasteiger partial charge in [0.05, 0.1) is 5.69 Å². The number of oxazole rings is 1. The van der Waals surface area contributed by atoms with Gasteiger partial charge in [-0.2, -0.15) is 0 Å². The fourth-order valence-corrected chi connectivity index (χ4v) is 1.80. The maximum Gasteiger partial charge on any atom is 0.328 e. The second kappa shape index (κ2) is 4.13. The molecule has 7 heteroatoms. The Labute approximate surface area is 106 Å². The minimum Gasteiger partial charge on any atom is -0.439 e. The van der Waals surface area contributed by atoms with Crippen molar-refractivity contribution in [3.8, 4) is 0 Å². The number of nitrogen functional groups attached to an aromatic ring is 1. The summed E-state index contributed by atoms with van der Waals surface area (Å²) in [7, 11) is 0. The average molecular weight is 258 g/mol. The molecule has 2 aromatic heterocycles. The number of fused-ring (bicyclic) bond motifs is 1. The molecule has 2 heterocycles. The second-order valence-corrected chi connectivity index (χ2v) is 4.04. The van der Waals surface area contributed by atoms with E-state index in [1.54, 1.807) is 18.2 Å². The molecule has 0 bridgehead atoms. The zero-order valence-electron chi connectivity index (χ0n) is 9.79. The van der Waals surface area contributed by atoms with Crippen molar-refractivity contribution in [1.82, 2.24) is 14.5 Å². The van der Waals surface area contributed by atoms with Crippen LogP contribution in [0.5, 0.6) is 0 Å². The minimum absolute atomic E-state index is 0.129. The van der Waals surface area contributed by atoms with Crippen LogP contribution in [0, 0.1) is 0 Å².